The lowest BCUT2D eigenvalue weighted by Crippen LogP contribution is -2.44. The van der Waals surface area contributed by atoms with Gasteiger partial charge in [0.15, 0.2) is 0 Å². The van der Waals surface area contributed by atoms with Gasteiger partial charge in [-0.1, -0.05) is 62.4 Å². The molecule has 0 atom stereocenters. The third-order valence-electron chi connectivity index (χ3n) is 7.06. The molecular formula is C32H33FN4O3S. The standard InChI is InChI=1S/C32H33FN4O3S/c1-23(2)20-37(41(39,40)30-11-5-7-25-8-6-17-34-32(25)30)22-31(38)36(21-24-12-14-27(33)15-13-24)18-16-26-19-35-29-10-4-3-9-28(26)29/h3-15,17,19,23,35H,16,18,20-22H2,1-2H3. The summed E-state index contributed by atoms with van der Waals surface area (Å²) in [6.07, 6.45) is 4.07. The highest BCUT2D eigenvalue weighted by Crippen LogP contribution is 2.25. The van der Waals surface area contributed by atoms with Crippen molar-refractivity contribution in [3.63, 3.8) is 0 Å². The lowest BCUT2D eigenvalue weighted by molar-refractivity contribution is -0.132. The zero-order valence-corrected chi connectivity index (χ0v) is 23.9. The number of carbonyl (C=O) groups is 1. The number of hydrogen-bond donors (Lipinski definition) is 1. The number of H-pyrrole nitrogens is 1. The molecule has 3 aromatic carbocycles. The molecule has 7 nitrogen and oxygen atoms in total. The molecule has 9 heteroatoms. The fraction of sp³-hybridized carbons (Fsp3) is 0.250. The number of aromatic nitrogens is 2. The average molecular weight is 573 g/mol. The Bertz CT molecular complexity index is 1760. The molecule has 5 rings (SSSR count). The predicted molar refractivity (Wildman–Crippen MR) is 159 cm³/mol. The van der Waals surface area contributed by atoms with Crippen LogP contribution in [-0.2, 0) is 27.8 Å². The number of hydrogen-bond acceptors (Lipinski definition) is 4. The van der Waals surface area contributed by atoms with E-state index in [0.717, 1.165) is 22.0 Å². The van der Waals surface area contributed by atoms with Crippen LogP contribution in [-0.4, -0.2) is 53.1 Å². The number of rotatable bonds is 11. The summed E-state index contributed by atoms with van der Waals surface area (Å²) in [6, 6.07) is 22.6. The summed E-state index contributed by atoms with van der Waals surface area (Å²) in [4.78, 5) is 23.2. The van der Waals surface area contributed by atoms with E-state index >= 15 is 0 Å². The number of pyridine rings is 1. The van der Waals surface area contributed by atoms with Crippen LogP contribution in [0.1, 0.15) is 25.0 Å². The number of carbonyl (C=O) groups excluding carboxylic acids is 1. The van der Waals surface area contributed by atoms with Crippen LogP contribution in [0.5, 0.6) is 0 Å². The Morgan fingerprint density at radius 1 is 0.976 bits per heavy atom. The highest BCUT2D eigenvalue weighted by molar-refractivity contribution is 7.89. The second-order valence-corrected chi connectivity index (χ2v) is 12.5. The monoisotopic (exact) mass is 572 g/mol. The molecule has 0 aliphatic heterocycles. The van der Waals surface area contributed by atoms with Gasteiger partial charge in [-0.2, -0.15) is 4.31 Å². The predicted octanol–water partition coefficient (Wildman–Crippen LogP) is 5.77. The van der Waals surface area contributed by atoms with Gasteiger partial charge in [-0.05, 0) is 53.8 Å². The average Bonchev–Trinajstić information content (AvgIpc) is 3.38. The first-order valence-corrected chi connectivity index (χ1v) is 15.1. The summed E-state index contributed by atoms with van der Waals surface area (Å²) in [7, 11) is -4.05. The molecule has 0 aliphatic carbocycles. The summed E-state index contributed by atoms with van der Waals surface area (Å²) >= 11 is 0. The van der Waals surface area contributed by atoms with Gasteiger partial charge in [0.1, 0.15) is 10.7 Å². The van der Waals surface area contributed by atoms with Gasteiger partial charge in [-0.15, -0.1) is 0 Å². The van der Waals surface area contributed by atoms with Crippen molar-refractivity contribution in [2.24, 2.45) is 5.92 Å². The van der Waals surface area contributed by atoms with Crippen molar-refractivity contribution in [1.82, 2.24) is 19.2 Å². The van der Waals surface area contributed by atoms with Gasteiger partial charge in [0.05, 0.1) is 12.1 Å². The van der Waals surface area contributed by atoms with Crippen molar-refractivity contribution in [3.8, 4) is 0 Å². The van der Waals surface area contributed by atoms with Crippen LogP contribution in [0, 0.1) is 11.7 Å². The number of fused-ring (bicyclic) bond motifs is 2. The van der Waals surface area contributed by atoms with Gasteiger partial charge in [0, 0.05) is 48.3 Å². The molecule has 0 saturated carbocycles. The first kappa shape index (κ1) is 28.4. The Morgan fingerprint density at radius 3 is 2.51 bits per heavy atom. The number of benzene rings is 3. The van der Waals surface area contributed by atoms with Gasteiger partial charge in [-0.25, -0.2) is 12.8 Å². The highest BCUT2D eigenvalue weighted by Gasteiger charge is 2.31. The quantitative estimate of drug-likeness (QED) is 0.218. The SMILES string of the molecule is CC(C)CN(CC(=O)N(CCc1c[nH]c2ccccc12)Cc1ccc(F)cc1)S(=O)(=O)c1cccc2cccnc12. The minimum Gasteiger partial charge on any atom is -0.361 e. The molecule has 212 valence electrons. The topological polar surface area (TPSA) is 86.4 Å². The summed E-state index contributed by atoms with van der Waals surface area (Å²) in [5.41, 5.74) is 3.21. The van der Waals surface area contributed by atoms with Crippen LogP contribution in [0.4, 0.5) is 4.39 Å². The van der Waals surface area contributed by atoms with Crippen LogP contribution in [0.25, 0.3) is 21.8 Å². The molecule has 1 N–H and O–H groups in total. The molecule has 2 aromatic heterocycles. The highest BCUT2D eigenvalue weighted by atomic mass is 32.2. The first-order valence-electron chi connectivity index (χ1n) is 13.6. The van der Waals surface area contributed by atoms with Gasteiger partial charge in [0.2, 0.25) is 15.9 Å². The Morgan fingerprint density at radius 2 is 1.73 bits per heavy atom. The number of aromatic amines is 1. The van der Waals surface area contributed by atoms with Crippen molar-refractivity contribution in [3.05, 3.63) is 108 Å². The van der Waals surface area contributed by atoms with Crippen LogP contribution < -0.4 is 0 Å². The largest absolute Gasteiger partial charge is 0.361 e. The van der Waals surface area contributed by atoms with Crippen molar-refractivity contribution < 1.29 is 17.6 Å². The zero-order valence-electron chi connectivity index (χ0n) is 23.1. The molecule has 0 radical (unpaired) electrons. The fourth-order valence-electron chi connectivity index (χ4n) is 5.03. The number of nitrogens with zero attached hydrogens (tertiary/aromatic N) is 3. The smallest absolute Gasteiger partial charge is 0.245 e. The van der Waals surface area contributed by atoms with Gasteiger partial charge >= 0.3 is 0 Å². The van der Waals surface area contributed by atoms with E-state index in [1.807, 2.05) is 56.4 Å². The normalized spacial score (nSPS) is 12.0. The summed E-state index contributed by atoms with van der Waals surface area (Å²) in [5.74, 6) is -0.702. The van der Waals surface area contributed by atoms with Gasteiger partial charge < -0.3 is 9.88 Å². The zero-order chi connectivity index (χ0) is 29.0. The maximum absolute atomic E-state index is 14.0. The van der Waals surface area contributed by atoms with E-state index in [-0.39, 0.29) is 42.2 Å². The molecule has 0 fully saturated rings. The molecule has 2 heterocycles. The number of amides is 1. The lowest BCUT2D eigenvalue weighted by atomic mass is 10.1. The van der Waals surface area contributed by atoms with E-state index in [2.05, 4.69) is 9.97 Å². The maximum atomic E-state index is 14.0. The molecule has 0 saturated heterocycles. The molecule has 0 unspecified atom stereocenters. The van der Waals surface area contributed by atoms with Crippen molar-refractivity contribution in [2.75, 3.05) is 19.6 Å². The van der Waals surface area contributed by atoms with Crippen LogP contribution in [0.15, 0.2) is 96.2 Å². The number of halogens is 1. The molecule has 1 amide bonds. The van der Waals surface area contributed by atoms with Gasteiger partial charge in [-0.3, -0.25) is 9.78 Å². The second-order valence-electron chi connectivity index (χ2n) is 10.6. The molecular weight excluding hydrogens is 539 g/mol. The van der Waals surface area contributed by atoms with Crippen LogP contribution >= 0.6 is 0 Å². The third kappa shape index (κ3) is 6.47. The molecule has 0 bridgehead atoms. The van der Waals surface area contributed by atoms with Crippen LogP contribution in [0.2, 0.25) is 0 Å². The molecule has 0 spiro atoms. The Balaban J connectivity index is 1.44. The summed E-state index contributed by atoms with van der Waals surface area (Å²) in [5, 5.41) is 1.79. The van der Waals surface area contributed by atoms with Crippen molar-refractivity contribution in [1.29, 1.82) is 0 Å². The van der Waals surface area contributed by atoms with E-state index < -0.39 is 10.0 Å². The Kier molecular flexibility index (Phi) is 8.46. The second kappa shape index (κ2) is 12.2. The minimum atomic E-state index is -4.05. The molecule has 41 heavy (non-hydrogen) atoms. The third-order valence-corrected chi connectivity index (χ3v) is 8.90. The lowest BCUT2D eigenvalue weighted by Gasteiger charge is -2.28. The van der Waals surface area contributed by atoms with E-state index in [1.165, 1.54) is 22.5 Å². The maximum Gasteiger partial charge on any atom is 0.245 e. The number of nitrogens with one attached hydrogen (secondary N) is 1. The molecule has 5 aromatic rings. The Hall–Kier alpha value is -4.08. The van der Waals surface area contributed by atoms with Gasteiger partial charge in [0.25, 0.3) is 0 Å². The summed E-state index contributed by atoms with van der Waals surface area (Å²) in [6.45, 7) is 4.28. The fourth-order valence-corrected chi connectivity index (χ4v) is 6.74. The van der Waals surface area contributed by atoms with Crippen molar-refractivity contribution >= 4 is 37.7 Å². The number of sulfonamides is 1. The van der Waals surface area contributed by atoms with E-state index in [4.69, 9.17) is 0 Å². The minimum absolute atomic E-state index is 0.0164. The first-order chi connectivity index (χ1) is 19.7. The van der Waals surface area contributed by atoms with E-state index in [1.54, 1.807) is 35.4 Å². The number of para-hydroxylation sites is 2. The van der Waals surface area contributed by atoms with Crippen LogP contribution in [0.3, 0.4) is 0 Å². The van der Waals surface area contributed by atoms with Crippen molar-refractivity contribution in [2.45, 2.75) is 31.7 Å². The van der Waals surface area contributed by atoms with E-state index in [0.29, 0.717) is 23.9 Å². The summed E-state index contributed by atoms with van der Waals surface area (Å²) < 4.78 is 42.8. The Labute approximate surface area is 239 Å². The molecule has 0 aliphatic rings. The van der Waals surface area contributed by atoms with E-state index in [9.17, 15) is 17.6 Å².